The van der Waals surface area contributed by atoms with Crippen LogP contribution in [0.2, 0.25) is 0 Å². The molecular formula is C17H30N3O+. The second-order valence-electron chi connectivity index (χ2n) is 5.74. The molecule has 4 heteroatoms. The van der Waals surface area contributed by atoms with E-state index in [1.54, 1.807) is 6.20 Å². The number of rotatable bonds is 12. The molecule has 0 aliphatic carbocycles. The molecular weight excluding hydrogens is 262 g/mol. The SMILES string of the molecule is CCCCCCCCCCCc1n(O)cc[n+]1CCC#N. The number of aromatic nitrogens is 2. The second kappa shape index (κ2) is 11.2. The van der Waals surface area contributed by atoms with Crippen LogP contribution in [-0.2, 0) is 13.0 Å². The third-order valence-corrected chi connectivity index (χ3v) is 3.95. The quantitative estimate of drug-likeness (QED) is 0.359. The summed E-state index contributed by atoms with van der Waals surface area (Å²) in [4.78, 5) is 0. The van der Waals surface area contributed by atoms with Gasteiger partial charge in [0.1, 0.15) is 12.7 Å². The third kappa shape index (κ3) is 7.17. The zero-order chi connectivity index (χ0) is 15.3. The molecule has 1 aromatic heterocycles. The molecule has 0 saturated heterocycles. The number of aryl methyl sites for hydroxylation is 1. The number of nitriles is 1. The number of nitrogens with zero attached hydrogens (tertiary/aromatic N) is 3. The van der Waals surface area contributed by atoms with Crippen LogP contribution in [0.4, 0.5) is 0 Å². The van der Waals surface area contributed by atoms with Gasteiger partial charge in [-0.25, -0.2) is 4.57 Å². The van der Waals surface area contributed by atoms with Gasteiger partial charge >= 0.3 is 0 Å². The van der Waals surface area contributed by atoms with Crippen molar-refractivity contribution >= 4 is 0 Å². The van der Waals surface area contributed by atoms with E-state index in [1.165, 1.54) is 56.1 Å². The van der Waals surface area contributed by atoms with Gasteiger partial charge in [0.15, 0.2) is 6.20 Å². The normalized spacial score (nSPS) is 10.7. The number of imidazole rings is 1. The van der Waals surface area contributed by atoms with Crippen LogP contribution in [0.25, 0.3) is 0 Å². The third-order valence-electron chi connectivity index (χ3n) is 3.95. The molecule has 0 unspecified atom stereocenters. The van der Waals surface area contributed by atoms with Crippen LogP contribution < -0.4 is 4.57 Å². The summed E-state index contributed by atoms with van der Waals surface area (Å²) in [6, 6.07) is 2.15. The largest absolute Gasteiger partial charge is 0.350 e. The maximum atomic E-state index is 9.77. The van der Waals surface area contributed by atoms with E-state index in [4.69, 9.17) is 5.26 Å². The summed E-state index contributed by atoms with van der Waals surface area (Å²) in [5.74, 6) is 0.910. The van der Waals surface area contributed by atoms with Gasteiger partial charge in [-0.1, -0.05) is 63.0 Å². The number of hydrogen-bond acceptors (Lipinski definition) is 2. The Labute approximate surface area is 129 Å². The lowest BCUT2D eigenvalue weighted by molar-refractivity contribution is -0.704. The Morgan fingerprint density at radius 2 is 1.71 bits per heavy atom. The van der Waals surface area contributed by atoms with E-state index < -0.39 is 0 Å². The molecule has 4 nitrogen and oxygen atoms in total. The highest BCUT2D eigenvalue weighted by molar-refractivity contribution is 4.80. The molecule has 1 N–H and O–H groups in total. The summed E-state index contributed by atoms with van der Waals surface area (Å²) in [5.41, 5.74) is 0. The summed E-state index contributed by atoms with van der Waals surface area (Å²) in [6.45, 7) is 2.91. The van der Waals surface area contributed by atoms with Crippen molar-refractivity contribution in [1.82, 2.24) is 4.73 Å². The van der Waals surface area contributed by atoms with E-state index >= 15 is 0 Å². The average molecular weight is 292 g/mol. The van der Waals surface area contributed by atoms with E-state index in [0.29, 0.717) is 13.0 Å². The summed E-state index contributed by atoms with van der Waals surface area (Å²) in [6.07, 6.45) is 16.6. The zero-order valence-corrected chi connectivity index (χ0v) is 13.4. The highest BCUT2D eigenvalue weighted by Crippen LogP contribution is 2.10. The van der Waals surface area contributed by atoms with Crippen LogP contribution in [0.15, 0.2) is 12.4 Å². The van der Waals surface area contributed by atoms with Gasteiger partial charge in [-0.2, -0.15) is 5.26 Å². The Hall–Kier alpha value is -1.50. The van der Waals surface area contributed by atoms with Crippen LogP contribution >= 0.6 is 0 Å². The van der Waals surface area contributed by atoms with Crippen molar-refractivity contribution in [2.75, 3.05) is 0 Å². The molecule has 0 saturated carbocycles. The first kappa shape index (κ1) is 17.6. The first-order chi connectivity index (χ1) is 10.3. The number of unbranched alkanes of at least 4 members (excludes halogenated alkanes) is 8. The van der Waals surface area contributed by atoms with Crippen molar-refractivity contribution < 1.29 is 9.77 Å². The van der Waals surface area contributed by atoms with Gasteiger partial charge in [0.25, 0.3) is 5.82 Å². The lowest BCUT2D eigenvalue weighted by atomic mass is 10.1. The molecule has 0 bridgehead atoms. The smallest absolute Gasteiger partial charge is 0.296 e. The predicted molar refractivity (Wildman–Crippen MR) is 83.0 cm³/mol. The number of hydrogen-bond donors (Lipinski definition) is 1. The van der Waals surface area contributed by atoms with Crippen LogP contribution in [-0.4, -0.2) is 9.94 Å². The van der Waals surface area contributed by atoms with Crippen LogP contribution in [0, 0.1) is 11.3 Å². The molecule has 0 atom stereocenters. The molecule has 0 aliphatic rings. The fourth-order valence-electron chi connectivity index (χ4n) is 2.67. The Bertz CT molecular complexity index is 420. The Morgan fingerprint density at radius 1 is 1.10 bits per heavy atom. The highest BCUT2D eigenvalue weighted by Gasteiger charge is 2.15. The molecule has 0 spiro atoms. The lowest BCUT2D eigenvalue weighted by Gasteiger charge is -2.02. The molecule has 1 heterocycles. The van der Waals surface area contributed by atoms with Gasteiger partial charge < -0.3 is 5.21 Å². The van der Waals surface area contributed by atoms with Crippen molar-refractivity contribution in [3.05, 3.63) is 18.2 Å². The minimum Gasteiger partial charge on any atom is -0.350 e. The fourth-order valence-corrected chi connectivity index (χ4v) is 2.67. The van der Waals surface area contributed by atoms with E-state index in [-0.39, 0.29) is 0 Å². The summed E-state index contributed by atoms with van der Waals surface area (Å²) in [5, 5.41) is 18.4. The van der Waals surface area contributed by atoms with E-state index in [0.717, 1.165) is 18.7 Å². The van der Waals surface area contributed by atoms with Crippen molar-refractivity contribution in [3.8, 4) is 6.07 Å². The molecule has 21 heavy (non-hydrogen) atoms. The van der Waals surface area contributed by atoms with E-state index in [2.05, 4.69) is 13.0 Å². The monoisotopic (exact) mass is 292 g/mol. The molecule has 0 aliphatic heterocycles. The molecule has 1 aromatic rings. The van der Waals surface area contributed by atoms with Crippen molar-refractivity contribution in [2.45, 2.75) is 84.1 Å². The molecule has 0 aromatic carbocycles. The average Bonchev–Trinajstić information content (AvgIpc) is 2.84. The fraction of sp³-hybridized carbons (Fsp3) is 0.765. The first-order valence-corrected chi connectivity index (χ1v) is 8.45. The molecule has 0 fully saturated rings. The lowest BCUT2D eigenvalue weighted by Crippen LogP contribution is -2.37. The molecule has 118 valence electrons. The van der Waals surface area contributed by atoms with Crippen LogP contribution in [0.1, 0.15) is 77.0 Å². The predicted octanol–water partition coefficient (Wildman–Crippen LogP) is 4.00. The Balaban J connectivity index is 2.12. The van der Waals surface area contributed by atoms with Crippen LogP contribution in [0.3, 0.4) is 0 Å². The van der Waals surface area contributed by atoms with E-state index in [1.807, 2.05) is 10.8 Å². The van der Waals surface area contributed by atoms with Crippen molar-refractivity contribution in [3.63, 3.8) is 0 Å². The van der Waals surface area contributed by atoms with Gasteiger partial charge in [-0.15, -0.1) is 0 Å². The summed E-state index contributed by atoms with van der Waals surface area (Å²) < 4.78 is 3.18. The zero-order valence-electron chi connectivity index (χ0n) is 13.4. The van der Waals surface area contributed by atoms with Gasteiger partial charge in [-0.3, -0.25) is 0 Å². The maximum Gasteiger partial charge on any atom is 0.296 e. The van der Waals surface area contributed by atoms with Gasteiger partial charge in [-0.05, 0) is 6.42 Å². The second-order valence-corrected chi connectivity index (χ2v) is 5.74. The van der Waals surface area contributed by atoms with Crippen molar-refractivity contribution in [1.29, 1.82) is 5.26 Å². The first-order valence-electron chi connectivity index (χ1n) is 8.45. The molecule has 0 radical (unpaired) electrons. The summed E-state index contributed by atoms with van der Waals surface area (Å²) >= 11 is 0. The highest BCUT2D eigenvalue weighted by atomic mass is 16.5. The minimum absolute atomic E-state index is 0.486. The summed E-state index contributed by atoms with van der Waals surface area (Å²) in [7, 11) is 0. The van der Waals surface area contributed by atoms with Crippen molar-refractivity contribution in [2.24, 2.45) is 0 Å². The standard InChI is InChI=1S/C17H30N3O/c1-2-3-4-5-6-7-8-9-10-12-17-19(14-11-13-18)15-16-20(17)21/h15-16,21H,2-12,14H2,1H3/q+1. The Kier molecular flexibility index (Phi) is 9.35. The van der Waals surface area contributed by atoms with Gasteiger partial charge in [0, 0.05) is 0 Å². The Morgan fingerprint density at radius 3 is 2.33 bits per heavy atom. The van der Waals surface area contributed by atoms with Gasteiger partial charge in [0.05, 0.1) is 18.9 Å². The molecule has 0 amide bonds. The molecule has 1 rings (SSSR count). The van der Waals surface area contributed by atoms with E-state index in [9.17, 15) is 5.21 Å². The maximum absolute atomic E-state index is 9.77. The topological polar surface area (TPSA) is 52.8 Å². The van der Waals surface area contributed by atoms with Gasteiger partial charge in [0.2, 0.25) is 0 Å². The minimum atomic E-state index is 0.486. The van der Waals surface area contributed by atoms with Crippen LogP contribution in [0.5, 0.6) is 0 Å².